The molecule has 0 radical (unpaired) electrons. The second-order valence-corrected chi connectivity index (χ2v) is 8.90. The number of hydrogen-bond donors (Lipinski definition) is 2. The molecule has 1 aromatic heterocycles. The van der Waals surface area contributed by atoms with E-state index in [9.17, 15) is 9.59 Å². The number of unbranched alkanes of at least 4 members (excludes halogenated alkanes) is 2. The Kier molecular flexibility index (Phi) is 7.58. The number of thiazole rings is 1. The molecule has 0 unspecified atom stereocenters. The van der Waals surface area contributed by atoms with Gasteiger partial charge in [-0.1, -0.05) is 60.9 Å². The first-order valence-electron chi connectivity index (χ1n) is 10.6. The van der Waals surface area contributed by atoms with E-state index >= 15 is 0 Å². The van der Waals surface area contributed by atoms with Crippen molar-refractivity contribution in [1.29, 1.82) is 0 Å². The van der Waals surface area contributed by atoms with Gasteiger partial charge in [0.15, 0.2) is 5.13 Å². The van der Waals surface area contributed by atoms with Crippen molar-refractivity contribution in [3.05, 3.63) is 75.3 Å². The lowest BCUT2D eigenvalue weighted by Gasteiger charge is -2.12. The predicted octanol–water partition coefficient (Wildman–Crippen LogP) is 6.31. The summed E-state index contributed by atoms with van der Waals surface area (Å²) in [6.07, 6.45) is 6.09. The molecule has 3 rings (SSSR count). The van der Waals surface area contributed by atoms with Crippen molar-refractivity contribution in [2.75, 3.05) is 10.6 Å². The molecule has 0 bridgehead atoms. The highest BCUT2D eigenvalue weighted by atomic mass is 32.1. The van der Waals surface area contributed by atoms with Crippen LogP contribution in [-0.4, -0.2) is 16.8 Å². The molecule has 2 aromatic carbocycles. The maximum absolute atomic E-state index is 12.7. The van der Waals surface area contributed by atoms with Gasteiger partial charge in [-0.05, 0) is 62.4 Å². The minimum absolute atomic E-state index is 0.230. The number of anilines is 2. The van der Waals surface area contributed by atoms with Crippen LogP contribution in [0.2, 0.25) is 0 Å². The van der Waals surface area contributed by atoms with Crippen molar-refractivity contribution >= 4 is 34.0 Å². The summed E-state index contributed by atoms with van der Waals surface area (Å²) >= 11 is 1.16. The highest BCUT2D eigenvalue weighted by molar-refractivity contribution is 7.17. The zero-order chi connectivity index (χ0) is 22.4. The molecule has 0 aliphatic carbocycles. The van der Waals surface area contributed by atoms with Crippen LogP contribution in [0.5, 0.6) is 0 Å². The summed E-state index contributed by atoms with van der Waals surface area (Å²) in [6.45, 7) is 8.17. The van der Waals surface area contributed by atoms with Crippen molar-refractivity contribution in [2.24, 2.45) is 0 Å². The van der Waals surface area contributed by atoms with E-state index in [0.717, 1.165) is 46.6 Å². The van der Waals surface area contributed by atoms with Gasteiger partial charge < -0.3 is 5.32 Å². The molecule has 0 saturated heterocycles. The average molecular weight is 436 g/mol. The van der Waals surface area contributed by atoms with E-state index in [1.54, 1.807) is 0 Å². The van der Waals surface area contributed by atoms with Gasteiger partial charge in [-0.25, -0.2) is 4.98 Å². The highest BCUT2D eigenvalue weighted by Gasteiger charge is 2.15. The van der Waals surface area contributed by atoms with Gasteiger partial charge in [0.2, 0.25) is 0 Å². The largest absolute Gasteiger partial charge is 0.321 e. The molecular formula is C25H29N3O2S. The standard InChI is InChI=1S/C25H29N3O2S/c1-5-6-7-8-19-9-11-20(12-10-19)23(29)28-25-26-15-21(31-25)24(30)27-22-17(3)13-16(2)14-18(22)4/h9-15H,5-8H2,1-4H3,(H,27,30)(H,26,28,29). The SMILES string of the molecule is CCCCCc1ccc(C(=O)Nc2ncc(C(=O)Nc3c(C)cc(C)cc3C)s2)cc1. The molecule has 0 saturated carbocycles. The number of nitrogens with one attached hydrogen (secondary N) is 2. The number of hydrogen-bond acceptors (Lipinski definition) is 4. The maximum atomic E-state index is 12.7. The Morgan fingerprint density at radius 3 is 2.26 bits per heavy atom. The number of rotatable bonds is 8. The van der Waals surface area contributed by atoms with Crippen molar-refractivity contribution in [3.63, 3.8) is 0 Å². The molecular weight excluding hydrogens is 406 g/mol. The summed E-state index contributed by atoms with van der Waals surface area (Å²) in [5, 5.41) is 6.16. The van der Waals surface area contributed by atoms with Crippen LogP contribution in [0.25, 0.3) is 0 Å². The van der Waals surface area contributed by atoms with E-state index in [0.29, 0.717) is 15.6 Å². The van der Waals surface area contributed by atoms with E-state index in [2.05, 4.69) is 22.5 Å². The summed E-state index contributed by atoms with van der Waals surface area (Å²) in [6, 6.07) is 11.7. The summed E-state index contributed by atoms with van der Waals surface area (Å²) in [7, 11) is 0. The Morgan fingerprint density at radius 1 is 0.935 bits per heavy atom. The molecule has 5 nitrogen and oxygen atoms in total. The quantitative estimate of drug-likeness (QED) is 0.408. The first-order chi connectivity index (χ1) is 14.9. The number of carbonyl (C=O) groups excluding carboxylic acids is 2. The molecule has 2 amide bonds. The Balaban J connectivity index is 1.61. The summed E-state index contributed by atoms with van der Waals surface area (Å²) < 4.78 is 0. The molecule has 0 atom stereocenters. The lowest BCUT2D eigenvalue weighted by atomic mass is 10.1. The molecule has 0 fully saturated rings. The Labute approximate surface area is 187 Å². The minimum atomic E-state index is -0.232. The fraction of sp³-hybridized carbons (Fsp3) is 0.320. The van der Waals surface area contributed by atoms with E-state index in [1.807, 2.05) is 57.2 Å². The van der Waals surface area contributed by atoms with Gasteiger partial charge in [0.25, 0.3) is 11.8 Å². The predicted molar refractivity (Wildman–Crippen MR) is 128 cm³/mol. The number of aromatic nitrogens is 1. The van der Waals surface area contributed by atoms with Gasteiger partial charge in [0.1, 0.15) is 4.88 Å². The second-order valence-electron chi connectivity index (χ2n) is 7.87. The topological polar surface area (TPSA) is 71.1 Å². The summed E-state index contributed by atoms with van der Waals surface area (Å²) in [4.78, 5) is 29.8. The second kappa shape index (κ2) is 10.4. The van der Waals surface area contributed by atoms with Crippen molar-refractivity contribution in [3.8, 4) is 0 Å². The van der Waals surface area contributed by atoms with Gasteiger partial charge in [0.05, 0.1) is 6.20 Å². The lowest BCUT2D eigenvalue weighted by molar-refractivity contribution is 0.102. The van der Waals surface area contributed by atoms with Crippen LogP contribution in [0.4, 0.5) is 10.8 Å². The Morgan fingerprint density at radius 2 is 1.61 bits per heavy atom. The van der Waals surface area contributed by atoms with Gasteiger partial charge in [0, 0.05) is 11.3 Å². The van der Waals surface area contributed by atoms with E-state index in [1.165, 1.54) is 24.6 Å². The van der Waals surface area contributed by atoms with Gasteiger partial charge in [-0.3, -0.25) is 14.9 Å². The van der Waals surface area contributed by atoms with Crippen LogP contribution >= 0.6 is 11.3 Å². The fourth-order valence-corrected chi connectivity index (χ4v) is 4.27. The Bertz CT molecular complexity index is 1050. The van der Waals surface area contributed by atoms with Crippen LogP contribution in [0.1, 0.15) is 68.5 Å². The first kappa shape index (κ1) is 22.7. The van der Waals surface area contributed by atoms with E-state index < -0.39 is 0 Å². The number of benzene rings is 2. The smallest absolute Gasteiger partial charge is 0.267 e. The van der Waals surface area contributed by atoms with Gasteiger partial charge >= 0.3 is 0 Å². The van der Waals surface area contributed by atoms with Crippen molar-refractivity contribution in [1.82, 2.24) is 4.98 Å². The highest BCUT2D eigenvalue weighted by Crippen LogP contribution is 2.25. The third kappa shape index (κ3) is 6.01. The maximum Gasteiger partial charge on any atom is 0.267 e. The minimum Gasteiger partial charge on any atom is -0.321 e. The monoisotopic (exact) mass is 435 g/mol. The van der Waals surface area contributed by atoms with Crippen molar-refractivity contribution in [2.45, 2.75) is 53.4 Å². The average Bonchev–Trinajstić information content (AvgIpc) is 3.20. The first-order valence-corrected chi connectivity index (χ1v) is 11.4. The lowest BCUT2D eigenvalue weighted by Crippen LogP contribution is -2.12. The molecule has 0 aliphatic heterocycles. The third-order valence-corrected chi connectivity index (χ3v) is 6.06. The Hall–Kier alpha value is -2.99. The van der Waals surface area contributed by atoms with Gasteiger partial charge in [-0.15, -0.1) is 0 Å². The van der Waals surface area contributed by atoms with Crippen LogP contribution in [-0.2, 0) is 6.42 Å². The number of aryl methyl sites for hydroxylation is 4. The van der Waals surface area contributed by atoms with Gasteiger partial charge in [-0.2, -0.15) is 0 Å². The number of carbonyl (C=O) groups is 2. The van der Waals surface area contributed by atoms with Crippen LogP contribution < -0.4 is 10.6 Å². The zero-order valence-electron chi connectivity index (χ0n) is 18.5. The molecule has 0 aliphatic rings. The zero-order valence-corrected chi connectivity index (χ0v) is 19.4. The molecule has 0 spiro atoms. The number of nitrogens with zero attached hydrogens (tertiary/aromatic N) is 1. The molecule has 1 heterocycles. The molecule has 6 heteroatoms. The van der Waals surface area contributed by atoms with Crippen LogP contribution in [0.15, 0.2) is 42.6 Å². The normalized spacial score (nSPS) is 10.7. The summed E-state index contributed by atoms with van der Waals surface area (Å²) in [5.41, 5.74) is 5.81. The number of amides is 2. The summed E-state index contributed by atoms with van der Waals surface area (Å²) in [5.74, 6) is -0.462. The molecule has 162 valence electrons. The fourth-order valence-electron chi connectivity index (χ4n) is 3.56. The molecule has 31 heavy (non-hydrogen) atoms. The molecule has 2 N–H and O–H groups in total. The van der Waals surface area contributed by atoms with Crippen LogP contribution in [0, 0.1) is 20.8 Å². The third-order valence-electron chi connectivity index (χ3n) is 5.15. The molecule has 3 aromatic rings. The van der Waals surface area contributed by atoms with E-state index in [4.69, 9.17) is 0 Å². The van der Waals surface area contributed by atoms with Crippen LogP contribution in [0.3, 0.4) is 0 Å². The van der Waals surface area contributed by atoms with E-state index in [-0.39, 0.29) is 11.8 Å². The van der Waals surface area contributed by atoms with Crippen molar-refractivity contribution < 1.29 is 9.59 Å².